The lowest BCUT2D eigenvalue weighted by Crippen LogP contribution is -2.40. The molecule has 1 aliphatic rings. The van der Waals surface area contributed by atoms with Crippen molar-refractivity contribution in [2.45, 2.75) is 33.6 Å². The third-order valence-corrected chi connectivity index (χ3v) is 5.18. The van der Waals surface area contributed by atoms with Gasteiger partial charge >= 0.3 is 5.97 Å². The number of anilines is 1. The smallest absolute Gasteiger partial charge is 0.339 e. The Morgan fingerprint density at radius 3 is 2.70 bits per heavy atom. The molecule has 2 rings (SSSR count). The summed E-state index contributed by atoms with van der Waals surface area (Å²) in [6.07, 6.45) is 2.37. The van der Waals surface area contributed by atoms with E-state index in [-0.39, 0.29) is 0 Å². The molecule has 1 fully saturated rings. The van der Waals surface area contributed by atoms with Crippen LogP contribution in [0.4, 0.5) is 5.69 Å². The number of likely N-dealkylation sites (tertiary alicyclic amines) is 1. The molecule has 1 aromatic carbocycles. The van der Waals surface area contributed by atoms with Gasteiger partial charge in [0.15, 0.2) is 5.11 Å². The first-order valence-electron chi connectivity index (χ1n) is 9.63. The Morgan fingerprint density at radius 2 is 2.04 bits per heavy atom. The number of rotatable bonds is 7. The normalized spacial score (nSPS) is 20.1. The first-order valence-corrected chi connectivity index (χ1v) is 10.4. The molecule has 0 aromatic heterocycles. The lowest BCUT2D eigenvalue weighted by Gasteiger charge is -2.35. The third kappa shape index (κ3) is 7.28. The van der Waals surface area contributed by atoms with E-state index in [0.29, 0.717) is 28.0 Å². The second-order valence-electron chi connectivity index (χ2n) is 7.36. The minimum atomic E-state index is -0.435. The van der Waals surface area contributed by atoms with Gasteiger partial charge in [0.25, 0.3) is 0 Å². The minimum Gasteiger partial charge on any atom is -0.462 e. The molecule has 27 heavy (non-hydrogen) atoms. The third-order valence-electron chi connectivity index (χ3n) is 4.60. The van der Waals surface area contributed by atoms with Gasteiger partial charge in [0.1, 0.15) is 0 Å². The number of carbonyl (C=O) groups is 1. The number of nitrogens with one attached hydrogen (secondary N) is 2. The molecule has 1 saturated heterocycles. The summed E-state index contributed by atoms with van der Waals surface area (Å²) in [6.45, 7) is 11.0. The molecule has 5 nitrogen and oxygen atoms in total. The van der Waals surface area contributed by atoms with E-state index in [1.54, 1.807) is 25.1 Å². The maximum atomic E-state index is 11.9. The molecule has 1 heterocycles. The van der Waals surface area contributed by atoms with E-state index in [2.05, 4.69) is 29.4 Å². The molecule has 1 aliphatic heterocycles. The number of hydrogen-bond donors (Lipinski definition) is 2. The highest BCUT2D eigenvalue weighted by Crippen LogP contribution is 2.22. The number of piperidine rings is 1. The number of esters is 1. The van der Waals surface area contributed by atoms with E-state index < -0.39 is 5.97 Å². The number of halogens is 1. The molecule has 0 spiro atoms. The van der Waals surface area contributed by atoms with Crippen molar-refractivity contribution < 1.29 is 9.53 Å². The first kappa shape index (κ1) is 21.9. The minimum absolute atomic E-state index is 0.307. The predicted molar refractivity (Wildman–Crippen MR) is 116 cm³/mol. The lowest BCUT2D eigenvalue weighted by molar-refractivity contribution is 0.0526. The Hall–Kier alpha value is -1.37. The molecule has 0 amide bonds. The zero-order valence-corrected chi connectivity index (χ0v) is 18.0. The van der Waals surface area contributed by atoms with Crippen LogP contribution in [0.3, 0.4) is 0 Å². The van der Waals surface area contributed by atoms with Crippen molar-refractivity contribution in [3.05, 3.63) is 28.8 Å². The highest BCUT2D eigenvalue weighted by molar-refractivity contribution is 7.80. The van der Waals surface area contributed by atoms with Crippen LogP contribution in [0.15, 0.2) is 18.2 Å². The number of nitrogens with zero attached hydrogens (tertiary/aromatic N) is 1. The molecule has 0 unspecified atom stereocenters. The van der Waals surface area contributed by atoms with Crippen LogP contribution < -0.4 is 10.6 Å². The van der Waals surface area contributed by atoms with Crippen molar-refractivity contribution in [1.82, 2.24) is 10.2 Å². The number of carbonyl (C=O) groups excluding carboxylic acids is 1. The average molecular weight is 412 g/mol. The first-order chi connectivity index (χ1) is 12.9. The summed E-state index contributed by atoms with van der Waals surface area (Å²) in [6, 6.07) is 5.11. The summed E-state index contributed by atoms with van der Waals surface area (Å²) in [5.74, 6) is 1.13. The van der Waals surface area contributed by atoms with Gasteiger partial charge in [0.2, 0.25) is 0 Å². The molecule has 150 valence electrons. The van der Waals surface area contributed by atoms with Gasteiger partial charge in [-0.3, -0.25) is 0 Å². The molecular weight excluding hydrogens is 382 g/mol. The summed E-state index contributed by atoms with van der Waals surface area (Å²) in [7, 11) is 0. The van der Waals surface area contributed by atoms with Crippen LogP contribution in [0.5, 0.6) is 0 Å². The van der Waals surface area contributed by atoms with Crippen LogP contribution in [-0.2, 0) is 4.74 Å². The standard InChI is InChI=1S/C20H30ClN3O2S/c1-4-26-19(25)17-11-16(6-7-18(17)21)23-20(27)22-8-5-9-24-12-14(2)10-15(3)13-24/h6-7,11,14-15H,4-5,8-10,12-13H2,1-3H3,(H2,22,23,27)/t14-,15+. The molecule has 2 N–H and O–H groups in total. The number of ether oxygens (including phenoxy) is 1. The molecule has 0 radical (unpaired) electrons. The summed E-state index contributed by atoms with van der Waals surface area (Å²) in [5, 5.41) is 7.22. The van der Waals surface area contributed by atoms with Gasteiger partial charge < -0.3 is 20.3 Å². The van der Waals surface area contributed by atoms with Gasteiger partial charge in [-0.05, 0) is 68.6 Å². The van der Waals surface area contributed by atoms with E-state index in [1.165, 1.54) is 19.5 Å². The fraction of sp³-hybridized carbons (Fsp3) is 0.600. The second-order valence-corrected chi connectivity index (χ2v) is 8.17. The van der Waals surface area contributed by atoms with Crippen LogP contribution in [0.25, 0.3) is 0 Å². The van der Waals surface area contributed by atoms with Gasteiger partial charge in [0, 0.05) is 25.3 Å². The molecule has 1 aromatic rings. The van der Waals surface area contributed by atoms with Crippen LogP contribution in [0.2, 0.25) is 5.02 Å². The monoisotopic (exact) mass is 411 g/mol. The lowest BCUT2D eigenvalue weighted by atomic mass is 9.92. The zero-order chi connectivity index (χ0) is 19.8. The van der Waals surface area contributed by atoms with Crippen LogP contribution >= 0.6 is 23.8 Å². The Balaban J connectivity index is 1.75. The van der Waals surface area contributed by atoms with Crippen molar-refractivity contribution >= 4 is 40.6 Å². The van der Waals surface area contributed by atoms with Crippen molar-refractivity contribution in [1.29, 1.82) is 0 Å². The topological polar surface area (TPSA) is 53.6 Å². The summed E-state index contributed by atoms with van der Waals surface area (Å²) in [5.41, 5.74) is 1.04. The second kappa shape index (κ2) is 10.8. The van der Waals surface area contributed by atoms with E-state index in [1.807, 2.05) is 0 Å². The summed E-state index contributed by atoms with van der Waals surface area (Å²) < 4.78 is 5.02. The summed E-state index contributed by atoms with van der Waals surface area (Å²) in [4.78, 5) is 14.5. The van der Waals surface area contributed by atoms with Crippen molar-refractivity contribution in [3.8, 4) is 0 Å². The number of thiocarbonyl (C=S) groups is 1. The Bertz CT molecular complexity index is 646. The Labute approximate surface area is 172 Å². The van der Waals surface area contributed by atoms with E-state index in [9.17, 15) is 4.79 Å². The highest BCUT2D eigenvalue weighted by atomic mass is 35.5. The maximum Gasteiger partial charge on any atom is 0.339 e. The average Bonchev–Trinajstić information content (AvgIpc) is 2.60. The van der Waals surface area contributed by atoms with Crippen molar-refractivity contribution in [2.24, 2.45) is 11.8 Å². The predicted octanol–water partition coefficient (Wildman–Crippen LogP) is 4.17. The Kier molecular flexibility index (Phi) is 8.80. The van der Waals surface area contributed by atoms with Gasteiger partial charge in [-0.1, -0.05) is 25.4 Å². The fourth-order valence-electron chi connectivity index (χ4n) is 3.62. The number of benzene rings is 1. The van der Waals surface area contributed by atoms with Gasteiger partial charge in [-0.15, -0.1) is 0 Å². The van der Waals surface area contributed by atoms with E-state index in [4.69, 9.17) is 28.6 Å². The number of hydrogen-bond acceptors (Lipinski definition) is 4. The largest absolute Gasteiger partial charge is 0.462 e. The zero-order valence-electron chi connectivity index (χ0n) is 16.4. The van der Waals surface area contributed by atoms with E-state index in [0.717, 1.165) is 31.3 Å². The van der Waals surface area contributed by atoms with Crippen LogP contribution in [0, 0.1) is 11.8 Å². The molecule has 2 atom stereocenters. The molecule has 7 heteroatoms. The quantitative estimate of drug-likeness (QED) is 0.399. The molecular formula is C20H30ClN3O2S. The maximum absolute atomic E-state index is 11.9. The van der Waals surface area contributed by atoms with Crippen LogP contribution in [-0.4, -0.2) is 48.8 Å². The SMILES string of the molecule is CCOC(=O)c1cc(NC(=S)NCCCN2C[C@H](C)C[C@H](C)C2)ccc1Cl. The van der Waals surface area contributed by atoms with Crippen molar-refractivity contribution in [2.75, 3.05) is 38.1 Å². The van der Waals surface area contributed by atoms with Gasteiger partial charge in [-0.2, -0.15) is 0 Å². The van der Waals surface area contributed by atoms with Crippen LogP contribution in [0.1, 0.15) is 44.0 Å². The van der Waals surface area contributed by atoms with Gasteiger partial charge in [0.05, 0.1) is 17.2 Å². The molecule has 0 aliphatic carbocycles. The Morgan fingerprint density at radius 1 is 1.33 bits per heavy atom. The summed E-state index contributed by atoms with van der Waals surface area (Å²) >= 11 is 11.4. The highest BCUT2D eigenvalue weighted by Gasteiger charge is 2.21. The molecule has 0 bridgehead atoms. The molecule has 0 saturated carbocycles. The van der Waals surface area contributed by atoms with Crippen molar-refractivity contribution in [3.63, 3.8) is 0 Å². The van der Waals surface area contributed by atoms with Gasteiger partial charge in [-0.25, -0.2) is 4.79 Å². The van der Waals surface area contributed by atoms with E-state index >= 15 is 0 Å². The fourth-order valence-corrected chi connectivity index (χ4v) is 4.04.